The summed E-state index contributed by atoms with van der Waals surface area (Å²) < 4.78 is 7.42. The summed E-state index contributed by atoms with van der Waals surface area (Å²) in [5.74, 6) is -0.277. The summed E-state index contributed by atoms with van der Waals surface area (Å²) in [7, 11) is 0. The monoisotopic (exact) mass is 643 g/mol. The number of rotatable bonds is 8. The van der Waals surface area contributed by atoms with Gasteiger partial charge in [-0.15, -0.1) is 0 Å². The first-order valence-corrected chi connectivity index (χ1v) is 17.8. The Morgan fingerprint density at radius 2 is 1.69 bits per heavy atom. The molecule has 0 atom stereocenters. The van der Waals surface area contributed by atoms with Crippen molar-refractivity contribution in [3.8, 4) is 11.3 Å². The topological polar surface area (TPSA) is 89.4 Å². The minimum absolute atomic E-state index is 0.197. The van der Waals surface area contributed by atoms with E-state index in [0.717, 1.165) is 43.3 Å². The maximum Gasteiger partial charge on any atom is 0.330 e. The molecule has 0 unspecified atom stereocenters. The number of aryl methyl sites for hydroxylation is 2. The molecule has 0 spiro atoms. The summed E-state index contributed by atoms with van der Waals surface area (Å²) in [5.41, 5.74) is 7.74. The summed E-state index contributed by atoms with van der Waals surface area (Å²) in [6.07, 6.45) is 14.4. The number of nitrogens with one attached hydrogen (secondary N) is 2. The summed E-state index contributed by atoms with van der Waals surface area (Å²) in [6.45, 7) is 3.01. The van der Waals surface area contributed by atoms with Gasteiger partial charge in [-0.1, -0.05) is 74.6 Å². The van der Waals surface area contributed by atoms with E-state index in [1.165, 1.54) is 66.0 Å². The van der Waals surface area contributed by atoms with E-state index in [1.54, 1.807) is 13.0 Å². The zero-order valence-corrected chi connectivity index (χ0v) is 27.9. The Labute approximate surface area is 282 Å². The van der Waals surface area contributed by atoms with Crippen LogP contribution in [0.4, 0.5) is 5.69 Å². The van der Waals surface area contributed by atoms with Crippen molar-refractivity contribution in [2.75, 3.05) is 11.9 Å². The van der Waals surface area contributed by atoms with Crippen molar-refractivity contribution in [3.63, 3.8) is 0 Å². The normalized spacial score (nSPS) is 17.4. The van der Waals surface area contributed by atoms with Crippen molar-refractivity contribution in [1.82, 2.24) is 9.88 Å². The number of carbonyl (C=O) groups excluding carboxylic acids is 3. The average molecular weight is 644 g/mol. The minimum atomic E-state index is -0.975. The van der Waals surface area contributed by atoms with Crippen molar-refractivity contribution < 1.29 is 19.1 Å². The maximum absolute atomic E-state index is 14.0. The fourth-order valence-electron chi connectivity index (χ4n) is 8.20. The molecule has 7 rings (SSSR count). The van der Waals surface area contributed by atoms with Crippen LogP contribution in [-0.2, 0) is 27.3 Å². The van der Waals surface area contributed by atoms with Crippen molar-refractivity contribution in [1.29, 1.82) is 0 Å². The number of benzene rings is 3. The zero-order valence-electron chi connectivity index (χ0n) is 27.9. The predicted molar refractivity (Wildman–Crippen MR) is 191 cm³/mol. The third-order valence-electron chi connectivity index (χ3n) is 10.6. The van der Waals surface area contributed by atoms with E-state index >= 15 is 0 Å². The molecule has 4 aromatic rings. The first-order valence-electron chi connectivity index (χ1n) is 17.8. The van der Waals surface area contributed by atoms with Crippen molar-refractivity contribution in [2.45, 2.75) is 95.6 Å². The van der Waals surface area contributed by atoms with Gasteiger partial charge in [0.15, 0.2) is 0 Å². The van der Waals surface area contributed by atoms with E-state index in [2.05, 4.69) is 51.6 Å². The molecule has 248 valence electrons. The second kappa shape index (κ2) is 13.8. The van der Waals surface area contributed by atoms with E-state index in [4.69, 9.17) is 4.74 Å². The van der Waals surface area contributed by atoms with Crippen molar-refractivity contribution >= 4 is 40.4 Å². The third kappa shape index (κ3) is 6.30. The maximum atomic E-state index is 14.0. The number of hydrogen-bond donors (Lipinski definition) is 2. The van der Waals surface area contributed by atoms with Crippen LogP contribution >= 0.6 is 0 Å². The number of anilines is 1. The number of esters is 1. The van der Waals surface area contributed by atoms with Gasteiger partial charge >= 0.3 is 5.97 Å². The van der Waals surface area contributed by atoms with Crippen molar-refractivity contribution in [2.24, 2.45) is 0 Å². The summed E-state index contributed by atoms with van der Waals surface area (Å²) in [6, 6.07) is 22.3. The highest BCUT2D eigenvalue weighted by atomic mass is 16.5. The van der Waals surface area contributed by atoms with Crippen LogP contribution in [-0.4, -0.2) is 34.5 Å². The fraction of sp³-hybridized carbons (Fsp3) is 0.390. The lowest BCUT2D eigenvalue weighted by atomic mass is 9.81. The molecule has 2 N–H and O–H groups in total. The van der Waals surface area contributed by atoms with Gasteiger partial charge in [0, 0.05) is 40.3 Å². The Hall–Kier alpha value is -4.65. The van der Waals surface area contributed by atoms with Crippen LogP contribution in [0.25, 0.3) is 28.2 Å². The molecular formula is C41H45N3O4. The van der Waals surface area contributed by atoms with Crippen LogP contribution in [0.1, 0.15) is 104 Å². The van der Waals surface area contributed by atoms with Crippen LogP contribution in [0, 0.1) is 0 Å². The van der Waals surface area contributed by atoms with Gasteiger partial charge in [-0.3, -0.25) is 9.59 Å². The largest absolute Gasteiger partial charge is 0.463 e. The summed E-state index contributed by atoms with van der Waals surface area (Å²) in [5, 5.41) is 7.51. The first kappa shape index (κ1) is 31.9. The Morgan fingerprint density at radius 3 is 2.46 bits per heavy atom. The lowest BCUT2D eigenvalue weighted by Gasteiger charge is -2.29. The second-order valence-electron chi connectivity index (χ2n) is 13.6. The summed E-state index contributed by atoms with van der Waals surface area (Å²) >= 11 is 0. The molecule has 0 saturated heterocycles. The number of nitrogens with zero attached hydrogens (tertiary/aromatic N) is 1. The van der Waals surface area contributed by atoms with E-state index in [-0.39, 0.29) is 11.8 Å². The molecule has 7 nitrogen and oxygen atoms in total. The van der Waals surface area contributed by atoms with Crippen molar-refractivity contribution in [3.05, 3.63) is 95.1 Å². The summed E-state index contributed by atoms with van der Waals surface area (Å²) in [4.78, 5) is 39.5. The molecule has 0 radical (unpaired) electrons. The van der Waals surface area contributed by atoms with E-state index in [0.29, 0.717) is 36.6 Å². The number of ether oxygens (including phenoxy) is 1. The standard InChI is InChI=1S/C41H45N3O4/c1-2-48-36(45)23-18-28-16-20-32(21-17-28)42-40(47)41(24-8-9-25-41)43-39(46)31-19-22-34-35(27-31)44-26-10-14-29-11-6-7-15-33(29)38(44)37(34)30-12-4-3-5-13-30/h6-7,11,15-23,27,30H,2-5,8-10,12-14,24-26H2,1H3,(H,42,47)(H,43,46). The van der Waals surface area contributed by atoms with Crippen LogP contribution in [0.15, 0.2) is 72.8 Å². The van der Waals surface area contributed by atoms with Crippen LogP contribution in [0.3, 0.4) is 0 Å². The first-order chi connectivity index (χ1) is 23.5. The molecule has 1 aromatic heterocycles. The Bertz CT molecular complexity index is 1860. The van der Waals surface area contributed by atoms with E-state index in [1.807, 2.05) is 30.3 Å². The quantitative estimate of drug-likeness (QED) is 0.149. The van der Waals surface area contributed by atoms with Gasteiger partial charge in [-0.2, -0.15) is 0 Å². The number of hydrogen-bond acceptors (Lipinski definition) is 4. The molecule has 3 aromatic carbocycles. The Balaban J connectivity index is 1.16. The molecule has 2 amide bonds. The molecule has 2 fully saturated rings. The zero-order chi connectivity index (χ0) is 33.1. The van der Waals surface area contributed by atoms with Crippen LogP contribution in [0.5, 0.6) is 0 Å². The smallest absolute Gasteiger partial charge is 0.330 e. The fourth-order valence-corrected chi connectivity index (χ4v) is 8.20. The van der Waals surface area contributed by atoms with Gasteiger partial charge in [-0.05, 0) is 98.4 Å². The van der Waals surface area contributed by atoms with Crippen LogP contribution < -0.4 is 10.6 Å². The predicted octanol–water partition coefficient (Wildman–Crippen LogP) is 8.56. The molecule has 2 heterocycles. The highest BCUT2D eigenvalue weighted by Gasteiger charge is 2.43. The van der Waals surface area contributed by atoms with Crippen LogP contribution in [0.2, 0.25) is 0 Å². The SMILES string of the molecule is CCOC(=O)C=Cc1ccc(NC(=O)C2(NC(=O)c3ccc4c(C5CCCCC5)c5n(c4c3)CCCc3ccccc3-5)CCCC2)cc1. The third-order valence-corrected chi connectivity index (χ3v) is 10.6. The minimum Gasteiger partial charge on any atom is -0.463 e. The molecule has 7 heteroatoms. The highest BCUT2D eigenvalue weighted by Crippen LogP contribution is 2.46. The molecule has 0 bridgehead atoms. The molecule has 48 heavy (non-hydrogen) atoms. The molecular weight excluding hydrogens is 598 g/mol. The lowest BCUT2D eigenvalue weighted by molar-refractivity contribution is -0.137. The Kier molecular flexibility index (Phi) is 9.20. The molecule has 2 aliphatic carbocycles. The molecule has 2 saturated carbocycles. The van der Waals surface area contributed by atoms with Gasteiger partial charge in [0.1, 0.15) is 5.54 Å². The van der Waals surface area contributed by atoms with Gasteiger partial charge < -0.3 is 19.9 Å². The van der Waals surface area contributed by atoms with Gasteiger partial charge in [-0.25, -0.2) is 4.79 Å². The number of carbonyl (C=O) groups is 3. The highest BCUT2D eigenvalue weighted by molar-refractivity contribution is 6.06. The lowest BCUT2D eigenvalue weighted by Crippen LogP contribution is -2.55. The number of aromatic nitrogens is 1. The molecule has 3 aliphatic rings. The van der Waals surface area contributed by atoms with E-state index < -0.39 is 11.5 Å². The Morgan fingerprint density at radius 1 is 0.917 bits per heavy atom. The number of fused-ring (bicyclic) bond motifs is 5. The van der Waals surface area contributed by atoms with Gasteiger partial charge in [0.05, 0.1) is 12.3 Å². The van der Waals surface area contributed by atoms with E-state index in [9.17, 15) is 14.4 Å². The average Bonchev–Trinajstić information content (AvgIpc) is 3.66. The second-order valence-corrected chi connectivity index (χ2v) is 13.6. The molecule has 1 aliphatic heterocycles. The number of amides is 2. The van der Waals surface area contributed by atoms with Gasteiger partial charge in [0.2, 0.25) is 5.91 Å². The van der Waals surface area contributed by atoms with Gasteiger partial charge in [0.25, 0.3) is 5.91 Å².